The molecule has 1 aliphatic rings. The van der Waals surface area contributed by atoms with E-state index in [-0.39, 0.29) is 25.5 Å². The van der Waals surface area contributed by atoms with Gasteiger partial charge in [-0.1, -0.05) is 0 Å². The second kappa shape index (κ2) is 5.84. The van der Waals surface area contributed by atoms with Crippen LogP contribution in [-0.4, -0.2) is 48.5 Å². The molecule has 96 valence electrons. The Bertz CT molecular complexity index is 203. The first-order chi connectivity index (χ1) is 7.43. The molecule has 3 nitrogen and oxygen atoms in total. The molecular formula is C10H19F3N2O. The number of aliphatic hydroxyl groups excluding tert-OH is 1. The van der Waals surface area contributed by atoms with E-state index in [0.29, 0.717) is 26.1 Å². The summed E-state index contributed by atoms with van der Waals surface area (Å²) in [6.07, 6.45) is -3.23. The zero-order chi connectivity index (χ0) is 12.2. The second-order valence-electron chi connectivity index (χ2n) is 4.39. The highest BCUT2D eigenvalue weighted by atomic mass is 19.4. The monoisotopic (exact) mass is 240 g/mol. The minimum absolute atomic E-state index is 0.0280. The minimum atomic E-state index is -4.06. The van der Waals surface area contributed by atoms with Gasteiger partial charge in [0.1, 0.15) is 0 Å². The molecule has 1 unspecified atom stereocenters. The van der Waals surface area contributed by atoms with Crippen molar-refractivity contribution in [2.45, 2.75) is 31.5 Å². The van der Waals surface area contributed by atoms with Crippen LogP contribution in [0.3, 0.4) is 0 Å². The van der Waals surface area contributed by atoms with Crippen LogP contribution < -0.4 is 5.73 Å². The molecule has 3 N–H and O–H groups in total. The Kier molecular flexibility index (Phi) is 5.01. The van der Waals surface area contributed by atoms with Crippen LogP contribution in [0.4, 0.5) is 13.2 Å². The van der Waals surface area contributed by atoms with E-state index in [2.05, 4.69) is 0 Å². The van der Waals surface area contributed by atoms with Gasteiger partial charge in [-0.3, -0.25) is 0 Å². The van der Waals surface area contributed by atoms with Crippen molar-refractivity contribution in [2.75, 3.05) is 26.2 Å². The highest BCUT2D eigenvalue weighted by Crippen LogP contribution is 2.33. The second-order valence-corrected chi connectivity index (χ2v) is 4.39. The van der Waals surface area contributed by atoms with Gasteiger partial charge in [-0.2, -0.15) is 13.2 Å². The van der Waals surface area contributed by atoms with Crippen LogP contribution in [0.2, 0.25) is 0 Å². The molecule has 0 spiro atoms. The fourth-order valence-corrected chi connectivity index (χ4v) is 2.03. The van der Waals surface area contributed by atoms with Gasteiger partial charge in [0.15, 0.2) is 0 Å². The van der Waals surface area contributed by atoms with E-state index < -0.39 is 12.1 Å². The highest BCUT2D eigenvalue weighted by Gasteiger charge is 2.40. The molecule has 1 fully saturated rings. The summed E-state index contributed by atoms with van der Waals surface area (Å²) in [6.45, 7) is 1.50. The largest absolute Gasteiger partial charge is 0.396 e. The number of likely N-dealkylation sites (tertiary alicyclic amines) is 1. The maximum absolute atomic E-state index is 12.4. The van der Waals surface area contributed by atoms with Crippen LogP contribution in [0.1, 0.15) is 19.3 Å². The summed E-state index contributed by atoms with van der Waals surface area (Å²) in [5.41, 5.74) is 5.71. The van der Waals surface area contributed by atoms with Gasteiger partial charge in [-0.05, 0) is 32.4 Å². The van der Waals surface area contributed by atoms with Gasteiger partial charge in [0.2, 0.25) is 0 Å². The van der Waals surface area contributed by atoms with Crippen LogP contribution >= 0.6 is 0 Å². The number of hydrogen-bond acceptors (Lipinski definition) is 3. The lowest BCUT2D eigenvalue weighted by Gasteiger charge is -2.34. The zero-order valence-electron chi connectivity index (χ0n) is 9.21. The molecule has 0 aliphatic carbocycles. The summed E-state index contributed by atoms with van der Waals surface area (Å²) in [5.74, 6) is -1.15. The molecule has 0 saturated carbocycles. The topological polar surface area (TPSA) is 49.5 Å². The van der Waals surface area contributed by atoms with Crippen LogP contribution in [0.25, 0.3) is 0 Å². The summed E-state index contributed by atoms with van der Waals surface area (Å²) in [7, 11) is 0. The Hall–Kier alpha value is -0.330. The molecule has 1 atom stereocenters. The van der Waals surface area contributed by atoms with Crippen molar-refractivity contribution in [3.63, 3.8) is 0 Å². The van der Waals surface area contributed by atoms with Crippen LogP contribution in [-0.2, 0) is 0 Å². The maximum Gasteiger partial charge on any atom is 0.391 e. The van der Waals surface area contributed by atoms with Crippen molar-refractivity contribution in [1.29, 1.82) is 0 Å². The molecule has 1 rings (SSSR count). The minimum Gasteiger partial charge on any atom is -0.396 e. The quantitative estimate of drug-likeness (QED) is 0.770. The standard InChI is InChI=1S/C10H19F3N2O/c11-10(12,13)8-1-4-15(5-2-8)7-9(14)3-6-16/h8-9,16H,1-7,14H2. The highest BCUT2D eigenvalue weighted by molar-refractivity contribution is 4.79. The summed E-state index contributed by atoms with van der Waals surface area (Å²) < 4.78 is 37.1. The molecule has 0 aromatic carbocycles. The summed E-state index contributed by atoms with van der Waals surface area (Å²) in [6, 6.07) is -0.146. The van der Waals surface area contributed by atoms with Gasteiger partial charge in [-0.25, -0.2) is 0 Å². The summed E-state index contributed by atoms with van der Waals surface area (Å²) in [5, 5.41) is 8.67. The SMILES string of the molecule is NC(CCO)CN1CCC(C(F)(F)F)CC1. The van der Waals surface area contributed by atoms with Crippen molar-refractivity contribution in [3.8, 4) is 0 Å². The van der Waals surface area contributed by atoms with Crippen LogP contribution in [0.15, 0.2) is 0 Å². The smallest absolute Gasteiger partial charge is 0.391 e. The lowest BCUT2D eigenvalue weighted by Crippen LogP contribution is -2.44. The van der Waals surface area contributed by atoms with E-state index >= 15 is 0 Å². The van der Waals surface area contributed by atoms with Gasteiger partial charge in [0.05, 0.1) is 5.92 Å². The van der Waals surface area contributed by atoms with E-state index in [9.17, 15) is 13.2 Å². The number of alkyl halides is 3. The van der Waals surface area contributed by atoms with Crippen molar-refractivity contribution >= 4 is 0 Å². The van der Waals surface area contributed by atoms with E-state index in [1.165, 1.54) is 0 Å². The lowest BCUT2D eigenvalue weighted by atomic mass is 9.96. The average Bonchev–Trinajstić information content (AvgIpc) is 2.17. The third-order valence-electron chi connectivity index (χ3n) is 3.04. The Morgan fingerprint density at radius 2 is 1.88 bits per heavy atom. The number of hydrogen-bond donors (Lipinski definition) is 2. The van der Waals surface area contributed by atoms with Crippen molar-refractivity contribution < 1.29 is 18.3 Å². The fraction of sp³-hybridized carbons (Fsp3) is 1.00. The van der Waals surface area contributed by atoms with Crippen molar-refractivity contribution in [2.24, 2.45) is 11.7 Å². The molecule has 6 heteroatoms. The Morgan fingerprint density at radius 3 is 2.31 bits per heavy atom. The Balaban J connectivity index is 2.27. The van der Waals surface area contributed by atoms with Gasteiger partial charge in [0, 0.05) is 19.2 Å². The first-order valence-electron chi connectivity index (χ1n) is 5.59. The van der Waals surface area contributed by atoms with E-state index in [0.717, 1.165) is 0 Å². The lowest BCUT2D eigenvalue weighted by molar-refractivity contribution is -0.185. The first kappa shape index (κ1) is 13.7. The average molecular weight is 240 g/mol. The van der Waals surface area contributed by atoms with Gasteiger partial charge < -0.3 is 15.7 Å². The van der Waals surface area contributed by atoms with E-state index in [4.69, 9.17) is 10.8 Å². The number of piperidine rings is 1. The van der Waals surface area contributed by atoms with Crippen molar-refractivity contribution in [1.82, 2.24) is 4.90 Å². The Labute approximate surface area is 93.4 Å². The molecule has 0 bridgehead atoms. The molecule has 1 saturated heterocycles. The maximum atomic E-state index is 12.4. The number of aliphatic hydroxyl groups is 1. The van der Waals surface area contributed by atoms with E-state index in [1.807, 2.05) is 4.90 Å². The van der Waals surface area contributed by atoms with Gasteiger partial charge in [-0.15, -0.1) is 0 Å². The third kappa shape index (κ3) is 4.27. The van der Waals surface area contributed by atoms with Crippen LogP contribution in [0.5, 0.6) is 0 Å². The predicted molar refractivity (Wildman–Crippen MR) is 54.9 cm³/mol. The number of halogens is 3. The normalized spacial score (nSPS) is 22.3. The summed E-state index contributed by atoms with van der Waals surface area (Å²) >= 11 is 0. The third-order valence-corrected chi connectivity index (χ3v) is 3.04. The Morgan fingerprint density at radius 1 is 1.31 bits per heavy atom. The molecule has 1 heterocycles. The van der Waals surface area contributed by atoms with Gasteiger partial charge >= 0.3 is 6.18 Å². The number of nitrogens with two attached hydrogens (primary N) is 1. The molecule has 0 radical (unpaired) electrons. The molecule has 1 aliphatic heterocycles. The predicted octanol–water partition coefficient (Wildman–Crippen LogP) is 0.970. The summed E-state index contributed by atoms with van der Waals surface area (Å²) in [4.78, 5) is 1.95. The zero-order valence-corrected chi connectivity index (χ0v) is 9.21. The first-order valence-corrected chi connectivity index (χ1v) is 5.59. The molecule has 0 aromatic heterocycles. The molecule has 0 amide bonds. The molecule has 0 aromatic rings. The fourth-order valence-electron chi connectivity index (χ4n) is 2.03. The van der Waals surface area contributed by atoms with Crippen molar-refractivity contribution in [3.05, 3.63) is 0 Å². The van der Waals surface area contributed by atoms with E-state index in [1.54, 1.807) is 0 Å². The number of rotatable bonds is 4. The molecular weight excluding hydrogens is 221 g/mol. The number of nitrogens with zero attached hydrogens (tertiary/aromatic N) is 1. The molecule has 16 heavy (non-hydrogen) atoms. The van der Waals surface area contributed by atoms with Crippen LogP contribution in [0, 0.1) is 5.92 Å². The van der Waals surface area contributed by atoms with Gasteiger partial charge in [0.25, 0.3) is 0 Å².